The lowest BCUT2D eigenvalue weighted by Gasteiger charge is -2.26. The highest BCUT2D eigenvalue weighted by Gasteiger charge is 2.60. The van der Waals surface area contributed by atoms with E-state index in [2.05, 4.69) is 15.6 Å². The summed E-state index contributed by atoms with van der Waals surface area (Å²) in [5.74, 6) is -0.328. The van der Waals surface area contributed by atoms with Gasteiger partial charge in [-0.3, -0.25) is 19.5 Å². The predicted octanol–water partition coefficient (Wildman–Crippen LogP) is 4.43. The van der Waals surface area contributed by atoms with Crippen molar-refractivity contribution in [1.82, 2.24) is 9.88 Å². The molecule has 0 bridgehead atoms. The summed E-state index contributed by atoms with van der Waals surface area (Å²) >= 11 is 0. The van der Waals surface area contributed by atoms with Crippen molar-refractivity contribution >= 4 is 23.2 Å². The highest BCUT2D eigenvalue weighted by molar-refractivity contribution is 5.92. The van der Waals surface area contributed by atoms with Crippen LogP contribution in [0.5, 0.6) is 23.0 Å². The quantitative estimate of drug-likeness (QED) is 0.183. The number of nitrogens with zero attached hydrogens (tertiary/aromatic N) is 2. The minimum Gasteiger partial charge on any atom is -0.493 e. The van der Waals surface area contributed by atoms with Gasteiger partial charge in [-0.05, 0) is 60.4 Å². The third kappa shape index (κ3) is 7.03. The van der Waals surface area contributed by atoms with E-state index < -0.39 is 23.0 Å². The second-order valence-electron chi connectivity index (χ2n) is 11.0. The van der Waals surface area contributed by atoms with E-state index in [-0.39, 0.29) is 18.1 Å². The summed E-state index contributed by atoms with van der Waals surface area (Å²) in [6.07, 6.45) is 3.12. The van der Waals surface area contributed by atoms with Crippen molar-refractivity contribution in [3.8, 4) is 23.0 Å². The summed E-state index contributed by atoms with van der Waals surface area (Å²) in [5.41, 5.74) is 10.8. The topological polar surface area (TPSA) is 139 Å². The van der Waals surface area contributed by atoms with Crippen molar-refractivity contribution < 1.29 is 37.3 Å². The van der Waals surface area contributed by atoms with E-state index in [1.165, 1.54) is 24.3 Å². The maximum atomic E-state index is 15.4. The van der Waals surface area contributed by atoms with Crippen LogP contribution in [-0.2, 0) is 19.7 Å². The number of aromatic nitrogens is 1. The van der Waals surface area contributed by atoms with Crippen LogP contribution < -0.4 is 25.7 Å². The number of pyridine rings is 1. The minimum absolute atomic E-state index is 0.0192. The molecule has 46 heavy (non-hydrogen) atoms. The molecule has 2 aliphatic rings. The Morgan fingerprint density at radius 2 is 1.78 bits per heavy atom. The van der Waals surface area contributed by atoms with E-state index in [0.29, 0.717) is 52.3 Å². The van der Waals surface area contributed by atoms with Crippen LogP contribution in [0.1, 0.15) is 29.9 Å². The van der Waals surface area contributed by atoms with Gasteiger partial charge in [0, 0.05) is 43.2 Å². The average molecular weight is 635 g/mol. The van der Waals surface area contributed by atoms with Gasteiger partial charge >= 0.3 is 0 Å². The first-order valence-corrected chi connectivity index (χ1v) is 14.9. The first-order chi connectivity index (χ1) is 22.3. The fraction of sp³-hybridized carbons (Fsp3) is 0.324. The molecule has 1 aliphatic carbocycles. The van der Waals surface area contributed by atoms with Gasteiger partial charge in [-0.2, -0.15) is 0 Å². The van der Waals surface area contributed by atoms with Crippen molar-refractivity contribution in [3.05, 3.63) is 89.6 Å². The predicted molar refractivity (Wildman–Crippen MR) is 167 cm³/mol. The summed E-state index contributed by atoms with van der Waals surface area (Å²) < 4.78 is 51.9. The molecule has 3 aromatic carbocycles. The maximum absolute atomic E-state index is 15.4. The van der Waals surface area contributed by atoms with Gasteiger partial charge < -0.3 is 30.4 Å². The first kappa shape index (κ1) is 32.6. The Morgan fingerprint density at radius 1 is 1.04 bits per heavy atom. The Bertz CT molecular complexity index is 1680. The number of ether oxygens (including phenoxy) is 4. The van der Waals surface area contributed by atoms with E-state index in [1.807, 2.05) is 0 Å². The van der Waals surface area contributed by atoms with Gasteiger partial charge in [-0.25, -0.2) is 8.78 Å². The molecule has 1 saturated carbocycles. The van der Waals surface area contributed by atoms with Gasteiger partial charge in [-0.15, -0.1) is 0 Å². The second kappa shape index (κ2) is 14.5. The van der Waals surface area contributed by atoms with Gasteiger partial charge in [0.15, 0.2) is 23.1 Å². The van der Waals surface area contributed by atoms with Gasteiger partial charge in [-0.1, -0.05) is 18.2 Å². The zero-order chi connectivity index (χ0) is 32.7. The number of carbonyl (C=O) groups is 2. The molecule has 242 valence electrons. The number of fused-ring (bicyclic) bond motifs is 1. The molecule has 12 heteroatoms. The van der Waals surface area contributed by atoms with Crippen molar-refractivity contribution in [2.75, 3.05) is 46.6 Å². The molecule has 0 spiro atoms. The molecule has 4 aromatic rings. The van der Waals surface area contributed by atoms with Gasteiger partial charge in [0.1, 0.15) is 11.6 Å². The normalized spacial score (nSPS) is 19.1. The van der Waals surface area contributed by atoms with Gasteiger partial charge in [0.25, 0.3) is 0 Å². The zero-order valence-electron chi connectivity index (χ0n) is 25.4. The molecule has 2 atom stereocenters. The molecule has 1 saturated heterocycles. The number of rotatable bonds is 11. The van der Waals surface area contributed by atoms with E-state index in [4.69, 9.17) is 29.5 Å². The summed E-state index contributed by atoms with van der Waals surface area (Å²) in [6.45, 7) is 4.83. The highest BCUT2D eigenvalue weighted by Crippen LogP contribution is 2.60. The van der Waals surface area contributed by atoms with Crippen molar-refractivity contribution in [1.29, 1.82) is 0 Å². The molecule has 10 nitrogen and oxygen atoms in total. The minimum atomic E-state index is -0.997. The fourth-order valence-electron chi connectivity index (χ4n) is 5.87. The number of nitrogens with two attached hydrogens (primary N) is 2. The third-order valence-electron chi connectivity index (χ3n) is 8.30. The standard InChI is InChI=1S/C33H33F2N3O5.CH3NO/c1-40-30-18-24-27(19-31(30)42-14-2-11-38-12-15-41-16-13-38)37-10-9-28(24)43-29-8-3-21(17-26(29)35)25-20-33(25,32(36)39)22-4-6-23(34)7-5-22;2-1-3/h3-10,17-19,25H,2,11-16,20H2,1H3,(H2,36,39);1H,(H2,2,3). The molecule has 2 heterocycles. The van der Waals surface area contributed by atoms with Crippen LogP contribution in [0.3, 0.4) is 0 Å². The molecule has 2 fully saturated rings. The van der Waals surface area contributed by atoms with E-state index in [0.717, 1.165) is 39.3 Å². The van der Waals surface area contributed by atoms with E-state index >= 15 is 4.39 Å². The highest BCUT2D eigenvalue weighted by atomic mass is 19.1. The number of carbonyl (C=O) groups excluding carboxylic acids is 2. The van der Waals surface area contributed by atoms with Crippen LogP contribution in [0, 0.1) is 11.6 Å². The molecule has 4 N–H and O–H groups in total. The number of halogens is 2. The number of methoxy groups -OCH3 is 1. The lowest BCUT2D eigenvalue weighted by Crippen LogP contribution is -2.37. The van der Waals surface area contributed by atoms with Crippen LogP contribution in [0.2, 0.25) is 0 Å². The van der Waals surface area contributed by atoms with Crippen molar-refractivity contribution in [2.24, 2.45) is 11.5 Å². The first-order valence-electron chi connectivity index (χ1n) is 14.9. The molecule has 1 aliphatic heterocycles. The Hall–Kier alpha value is -4.81. The molecule has 2 unspecified atom stereocenters. The monoisotopic (exact) mass is 634 g/mol. The number of morpholine rings is 1. The van der Waals surface area contributed by atoms with Crippen LogP contribution in [0.25, 0.3) is 10.9 Å². The molecule has 1 aromatic heterocycles. The van der Waals surface area contributed by atoms with Crippen LogP contribution in [-0.4, -0.2) is 68.8 Å². The third-order valence-corrected chi connectivity index (χ3v) is 8.30. The fourth-order valence-corrected chi connectivity index (χ4v) is 5.87. The zero-order valence-corrected chi connectivity index (χ0v) is 25.4. The Kier molecular flexibility index (Phi) is 10.3. The molecular formula is C34H36F2N4O6. The number of hydrogen-bond acceptors (Lipinski definition) is 8. The van der Waals surface area contributed by atoms with Gasteiger partial charge in [0.2, 0.25) is 12.3 Å². The van der Waals surface area contributed by atoms with Crippen molar-refractivity contribution in [3.63, 3.8) is 0 Å². The molecular weight excluding hydrogens is 598 g/mol. The molecule has 0 radical (unpaired) electrons. The van der Waals surface area contributed by atoms with Crippen molar-refractivity contribution in [2.45, 2.75) is 24.2 Å². The lowest BCUT2D eigenvalue weighted by atomic mass is 9.90. The van der Waals surface area contributed by atoms with Crippen LogP contribution in [0.4, 0.5) is 8.78 Å². The number of benzene rings is 3. The summed E-state index contributed by atoms with van der Waals surface area (Å²) in [5, 5.41) is 0.634. The lowest BCUT2D eigenvalue weighted by molar-refractivity contribution is -0.120. The Morgan fingerprint density at radius 3 is 2.46 bits per heavy atom. The largest absolute Gasteiger partial charge is 0.493 e. The average Bonchev–Trinajstić information content (AvgIpc) is 3.82. The molecule has 2 amide bonds. The summed E-state index contributed by atoms with van der Waals surface area (Å²) in [7, 11) is 1.56. The SMILES string of the molecule is COc1cc2c(Oc3ccc(C4CC4(C(N)=O)c4ccc(F)cc4)cc3F)ccnc2cc1OCCCN1CCOCC1.NC=O. The van der Waals surface area contributed by atoms with E-state index in [9.17, 15) is 9.18 Å². The van der Waals surface area contributed by atoms with Crippen LogP contribution >= 0.6 is 0 Å². The summed E-state index contributed by atoms with van der Waals surface area (Å²) in [4.78, 5) is 27.9. The number of hydrogen-bond donors (Lipinski definition) is 2. The molecule has 6 rings (SSSR count). The number of amides is 2. The Labute approximate surface area is 265 Å². The summed E-state index contributed by atoms with van der Waals surface area (Å²) in [6, 6.07) is 15.5. The van der Waals surface area contributed by atoms with E-state index in [1.54, 1.807) is 49.7 Å². The smallest absolute Gasteiger partial charge is 0.228 e. The van der Waals surface area contributed by atoms with Gasteiger partial charge in [0.05, 0.1) is 37.9 Å². The number of primary amides is 2. The maximum Gasteiger partial charge on any atom is 0.228 e. The second-order valence-corrected chi connectivity index (χ2v) is 11.0. The van der Waals surface area contributed by atoms with Crippen LogP contribution in [0.15, 0.2) is 66.9 Å². The Balaban J connectivity index is 0.00000134.